The molecule has 1 heterocycles. The molecule has 0 fully saturated rings. The van der Waals surface area contributed by atoms with Crippen molar-refractivity contribution in [3.63, 3.8) is 0 Å². The smallest absolute Gasteiger partial charge is 0.286 e. The van der Waals surface area contributed by atoms with E-state index in [4.69, 9.17) is 4.74 Å². The number of benzene rings is 1. The number of phenols is 1. The van der Waals surface area contributed by atoms with Gasteiger partial charge in [-0.05, 0) is 12.1 Å². The van der Waals surface area contributed by atoms with Gasteiger partial charge in [0.1, 0.15) is 5.56 Å². The minimum Gasteiger partial charge on any atom is -0.504 e. The Morgan fingerprint density at radius 1 is 1.50 bits per heavy atom. The minimum absolute atomic E-state index is 0.119. The van der Waals surface area contributed by atoms with Crippen molar-refractivity contribution < 1.29 is 24.0 Å². The number of halogens is 1. The summed E-state index contributed by atoms with van der Waals surface area (Å²) in [6.07, 6.45) is 1.14. The molecule has 2 rings (SSSR count). The fourth-order valence-electron chi connectivity index (χ4n) is 1.70. The van der Waals surface area contributed by atoms with Crippen LogP contribution in [-0.2, 0) is 0 Å². The highest BCUT2D eigenvalue weighted by molar-refractivity contribution is 6.00. The molecule has 0 aliphatic carbocycles. The van der Waals surface area contributed by atoms with Crippen LogP contribution in [0.3, 0.4) is 0 Å². The summed E-state index contributed by atoms with van der Waals surface area (Å²) in [5.41, 5.74) is -1.03. The molecular weight excluding hydrogens is 271 g/mol. The Labute approximate surface area is 112 Å². The fourth-order valence-corrected chi connectivity index (χ4v) is 1.70. The molecule has 7 nitrogen and oxygen atoms in total. The number of carbonyl (C=O) groups excluding carboxylic acids is 1. The quantitative estimate of drug-likeness (QED) is 0.684. The molecule has 0 saturated heterocycles. The number of rotatable bonds is 3. The van der Waals surface area contributed by atoms with E-state index in [0.717, 1.165) is 24.4 Å². The van der Waals surface area contributed by atoms with Gasteiger partial charge in [-0.25, -0.2) is 0 Å². The lowest BCUT2D eigenvalue weighted by Crippen LogP contribution is -2.15. The van der Waals surface area contributed by atoms with Gasteiger partial charge < -0.3 is 9.84 Å². The molecule has 0 unspecified atom stereocenters. The Bertz CT molecular complexity index is 695. The van der Waals surface area contributed by atoms with Crippen molar-refractivity contribution in [1.82, 2.24) is 4.57 Å². The monoisotopic (exact) mass is 280 g/mol. The predicted octanol–water partition coefficient (Wildman–Crippen LogP) is 1.94. The molecule has 1 aromatic heterocycles. The first-order valence-electron chi connectivity index (χ1n) is 5.38. The number of methoxy groups -OCH3 is 1. The maximum Gasteiger partial charge on any atom is 0.286 e. The molecule has 0 aliphatic rings. The Hall–Kier alpha value is -2.90. The number of aromatic hydroxyl groups is 1. The summed E-state index contributed by atoms with van der Waals surface area (Å²) in [5, 5.41) is 20.4. The molecule has 0 radical (unpaired) electrons. The van der Waals surface area contributed by atoms with E-state index in [-0.39, 0.29) is 11.3 Å². The third kappa shape index (κ3) is 2.18. The number of phenolic OH excluding ortho intramolecular Hbond substituents is 1. The van der Waals surface area contributed by atoms with Gasteiger partial charge in [0.2, 0.25) is 5.95 Å². The van der Waals surface area contributed by atoms with E-state index < -0.39 is 28.2 Å². The van der Waals surface area contributed by atoms with Crippen molar-refractivity contribution in [3.05, 3.63) is 52.1 Å². The standard InChI is InChI=1S/C12H9FN2O5/c1-20-10-5-7(8(15(18)19)6-9(10)16)12(17)14-4-2-3-11(14)13/h2-6,16H,1H3. The van der Waals surface area contributed by atoms with E-state index in [1.54, 1.807) is 0 Å². The topological polar surface area (TPSA) is 94.6 Å². The van der Waals surface area contributed by atoms with Crippen LogP contribution in [0.15, 0.2) is 30.5 Å². The van der Waals surface area contributed by atoms with Crippen LogP contribution in [0.1, 0.15) is 10.4 Å². The lowest BCUT2D eigenvalue weighted by molar-refractivity contribution is -0.385. The molecular formula is C12H9FN2O5. The second-order valence-electron chi connectivity index (χ2n) is 3.80. The van der Waals surface area contributed by atoms with Gasteiger partial charge in [-0.3, -0.25) is 19.5 Å². The zero-order valence-electron chi connectivity index (χ0n) is 10.2. The van der Waals surface area contributed by atoms with Crippen LogP contribution in [0.5, 0.6) is 11.5 Å². The Morgan fingerprint density at radius 2 is 2.20 bits per heavy atom. The third-order valence-electron chi connectivity index (χ3n) is 2.64. The van der Waals surface area contributed by atoms with Crippen LogP contribution < -0.4 is 4.74 Å². The van der Waals surface area contributed by atoms with Gasteiger partial charge in [-0.15, -0.1) is 0 Å². The van der Waals surface area contributed by atoms with Gasteiger partial charge in [0.25, 0.3) is 11.6 Å². The van der Waals surface area contributed by atoms with E-state index in [2.05, 4.69) is 0 Å². The van der Waals surface area contributed by atoms with Crippen molar-refractivity contribution in [2.75, 3.05) is 7.11 Å². The van der Waals surface area contributed by atoms with Crippen LogP contribution in [-0.4, -0.2) is 27.6 Å². The molecule has 0 atom stereocenters. The van der Waals surface area contributed by atoms with Gasteiger partial charge in [0, 0.05) is 12.3 Å². The lowest BCUT2D eigenvalue weighted by atomic mass is 10.1. The summed E-state index contributed by atoms with van der Waals surface area (Å²) in [6.45, 7) is 0. The van der Waals surface area contributed by atoms with Crippen LogP contribution >= 0.6 is 0 Å². The highest BCUT2D eigenvalue weighted by Crippen LogP contribution is 2.34. The summed E-state index contributed by atoms with van der Waals surface area (Å²) >= 11 is 0. The van der Waals surface area contributed by atoms with Crippen molar-refractivity contribution in [3.8, 4) is 11.5 Å². The van der Waals surface area contributed by atoms with E-state index in [0.29, 0.717) is 4.57 Å². The van der Waals surface area contributed by atoms with Gasteiger partial charge in [-0.1, -0.05) is 0 Å². The maximum atomic E-state index is 13.4. The molecule has 0 amide bonds. The highest BCUT2D eigenvalue weighted by Gasteiger charge is 2.25. The van der Waals surface area contributed by atoms with E-state index in [1.165, 1.54) is 13.2 Å². The number of nitrogens with zero attached hydrogens (tertiary/aromatic N) is 2. The number of hydrogen-bond donors (Lipinski definition) is 1. The van der Waals surface area contributed by atoms with Crippen LogP contribution in [0.2, 0.25) is 0 Å². The SMILES string of the molecule is COc1cc(C(=O)n2cccc2F)c([N+](=O)[O-])cc1O. The molecule has 8 heteroatoms. The number of ether oxygens (including phenoxy) is 1. The first-order valence-corrected chi connectivity index (χ1v) is 5.38. The zero-order chi connectivity index (χ0) is 14.9. The number of aromatic nitrogens is 1. The Balaban J connectivity index is 2.63. The number of nitro benzene ring substituents is 1. The van der Waals surface area contributed by atoms with Crippen molar-refractivity contribution >= 4 is 11.6 Å². The van der Waals surface area contributed by atoms with Crippen LogP contribution in [0.25, 0.3) is 0 Å². The van der Waals surface area contributed by atoms with Gasteiger partial charge in [0.05, 0.1) is 18.1 Å². The Morgan fingerprint density at radius 3 is 2.70 bits per heavy atom. The molecule has 1 aromatic carbocycles. The van der Waals surface area contributed by atoms with E-state index >= 15 is 0 Å². The average molecular weight is 280 g/mol. The molecule has 0 saturated carbocycles. The second kappa shape index (κ2) is 5.00. The molecule has 1 N–H and O–H groups in total. The Kier molecular flexibility index (Phi) is 3.38. The molecule has 0 aliphatic heterocycles. The number of hydrogen-bond acceptors (Lipinski definition) is 5. The summed E-state index contributed by atoms with van der Waals surface area (Å²) < 4.78 is 18.8. The first kappa shape index (κ1) is 13.5. The largest absolute Gasteiger partial charge is 0.504 e. The van der Waals surface area contributed by atoms with Gasteiger partial charge >= 0.3 is 0 Å². The van der Waals surface area contributed by atoms with Crippen molar-refractivity contribution in [2.45, 2.75) is 0 Å². The van der Waals surface area contributed by atoms with Crippen molar-refractivity contribution in [1.29, 1.82) is 0 Å². The molecule has 0 spiro atoms. The van der Waals surface area contributed by atoms with Crippen LogP contribution in [0.4, 0.5) is 10.1 Å². The van der Waals surface area contributed by atoms with Gasteiger partial charge in [-0.2, -0.15) is 4.39 Å². The molecule has 104 valence electrons. The second-order valence-corrected chi connectivity index (χ2v) is 3.80. The summed E-state index contributed by atoms with van der Waals surface area (Å²) in [5.74, 6) is -2.39. The van der Waals surface area contributed by atoms with Crippen LogP contribution in [0, 0.1) is 16.1 Å². The normalized spacial score (nSPS) is 10.3. The number of nitro groups is 1. The van der Waals surface area contributed by atoms with Crippen molar-refractivity contribution in [2.24, 2.45) is 0 Å². The third-order valence-corrected chi connectivity index (χ3v) is 2.64. The minimum atomic E-state index is -0.933. The zero-order valence-corrected chi connectivity index (χ0v) is 10.2. The van der Waals surface area contributed by atoms with Gasteiger partial charge in [0.15, 0.2) is 11.5 Å². The summed E-state index contributed by atoms with van der Waals surface area (Å²) in [7, 11) is 1.23. The average Bonchev–Trinajstić information content (AvgIpc) is 2.83. The van der Waals surface area contributed by atoms with E-state index in [1.807, 2.05) is 0 Å². The maximum absolute atomic E-state index is 13.4. The molecule has 20 heavy (non-hydrogen) atoms. The summed E-state index contributed by atoms with van der Waals surface area (Å²) in [6, 6.07) is 4.11. The number of carbonyl (C=O) groups is 1. The lowest BCUT2D eigenvalue weighted by Gasteiger charge is -2.08. The van der Waals surface area contributed by atoms with E-state index in [9.17, 15) is 24.4 Å². The molecule has 2 aromatic rings. The molecule has 0 bridgehead atoms. The first-order chi connectivity index (χ1) is 9.45. The predicted molar refractivity (Wildman–Crippen MR) is 65.4 cm³/mol. The fraction of sp³-hybridized carbons (Fsp3) is 0.0833. The summed E-state index contributed by atoms with van der Waals surface area (Å²) in [4.78, 5) is 22.2. The highest BCUT2D eigenvalue weighted by atomic mass is 19.1.